The first-order chi connectivity index (χ1) is 21.0. The van der Waals surface area contributed by atoms with Crippen molar-refractivity contribution >= 4 is 5.91 Å². The topological polar surface area (TPSA) is 105 Å². The van der Waals surface area contributed by atoms with Crippen LogP contribution in [0.2, 0.25) is 0 Å². The molecule has 0 unspecified atom stereocenters. The van der Waals surface area contributed by atoms with Gasteiger partial charge in [0.25, 0.3) is 5.91 Å². The first-order valence-electron chi connectivity index (χ1n) is 13.9. The molecule has 3 N–H and O–H groups in total. The maximum Gasteiger partial charge on any atom is 0.251 e. The summed E-state index contributed by atoms with van der Waals surface area (Å²) in [5, 5.41) is 2.85. The Morgan fingerprint density at radius 2 is 1.49 bits per heavy atom. The van der Waals surface area contributed by atoms with E-state index < -0.39 is 0 Å². The van der Waals surface area contributed by atoms with E-state index in [9.17, 15) is 13.6 Å². The Morgan fingerprint density at radius 1 is 0.837 bits per heavy atom. The lowest BCUT2D eigenvalue weighted by molar-refractivity contribution is 0.0511. The number of rotatable bonds is 14. The van der Waals surface area contributed by atoms with Crippen molar-refractivity contribution in [2.75, 3.05) is 39.5 Å². The maximum absolute atomic E-state index is 13.9. The highest BCUT2D eigenvalue weighted by Crippen LogP contribution is 2.37. The maximum atomic E-state index is 13.9. The summed E-state index contributed by atoms with van der Waals surface area (Å²) in [6, 6.07) is 23.1. The Kier molecular flexibility index (Phi) is 10.1. The summed E-state index contributed by atoms with van der Waals surface area (Å²) in [6.07, 6.45) is 1.57. The second-order valence-electron chi connectivity index (χ2n) is 9.68. The minimum absolute atomic E-state index is 0.209. The van der Waals surface area contributed by atoms with E-state index in [1.165, 1.54) is 24.3 Å². The van der Waals surface area contributed by atoms with Gasteiger partial charge in [0, 0.05) is 36.3 Å². The predicted molar refractivity (Wildman–Crippen MR) is 159 cm³/mol. The molecule has 0 aliphatic heterocycles. The molecule has 0 saturated carbocycles. The molecule has 0 radical (unpaired) electrons. The van der Waals surface area contributed by atoms with Gasteiger partial charge in [0.2, 0.25) is 0 Å². The number of amides is 1. The van der Waals surface area contributed by atoms with Crippen LogP contribution in [-0.4, -0.2) is 55.0 Å². The first-order valence-corrected chi connectivity index (χ1v) is 13.9. The van der Waals surface area contributed by atoms with Crippen molar-refractivity contribution in [1.82, 2.24) is 14.9 Å². The van der Waals surface area contributed by atoms with Gasteiger partial charge in [-0.05, 0) is 78.4 Å². The number of halogens is 2. The molecular formula is C33H32F2N4O4. The van der Waals surface area contributed by atoms with Gasteiger partial charge in [-0.3, -0.25) is 4.79 Å². The molecule has 10 heteroatoms. The minimum atomic E-state index is -0.360. The van der Waals surface area contributed by atoms with Crippen LogP contribution < -0.4 is 11.1 Å². The summed E-state index contributed by atoms with van der Waals surface area (Å²) in [7, 11) is 0. The standard InChI is InChI=1S/C33H32F2N4O4/c34-27-11-7-24(8-12-27)30-31(25-9-13-28(35)14-10-25)39(32(38-30)29-2-1-17-43-29)22-23-3-5-26(6-4-23)33(40)37-16-19-42-21-20-41-18-15-36/h1-14,17H,15-16,18-22,36H2,(H,37,40). The van der Waals surface area contributed by atoms with Gasteiger partial charge in [0.05, 0.1) is 44.1 Å². The van der Waals surface area contributed by atoms with E-state index in [2.05, 4.69) is 5.32 Å². The van der Waals surface area contributed by atoms with Crippen molar-refractivity contribution < 1.29 is 27.5 Å². The molecule has 2 heterocycles. The van der Waals surface area contributed by atoms with Crippen LogP contribution in [0, 0.1) is 11.6 Å². The number of nitrogens with two attached hydrogens (primary N) is 1. The average molecular weight is 587 g/mol. The fraction of sp³-hybridized carbons (Fsp3) is 0.212. The third kappa shape index (κ3) is 7.61. The van der Waals surface area contributed by atoms with Crippen LogP contribution in [0.25, 0.3) is 34.1 Å². The monoisotopic (exact) mass is 586 g/mol. The van der Waals surface area contributed by atoms with Crippen molar-refractivity contribution in [2.45, 2.75) is 6.54 Å². The Balaban J connectivity index is 1.39. The van der Waals surface area contributed by atoms with Gasteiger partial charge in [-0.1, -0.05) is 12.1 Å². The highest BCUT2D eigenvalue weighted by Gasteiger charge is 2.23. The molecule has 0 aliphatic rings. The van der Waals surface area contributed by atoms with E-state index >= 15 is 0 Å². The smallest absolute Gasteiger partial charge is 0.251 e. The summed E-state index contributed by atoms with van der Waals surface area (Å²) in [4.78, 5) is 17.6. The van der Waals surface area contributed by atoms with Gasteiger partial charge < -0.3 is 29.5 Å². The van der Waals surface area contributed by atoms with Crippen molar-refractivity contribution in [2.24, 2.45) is 5.73 Å². The summed E-state index contributed by atoms with van der Waals surface area (Å²) in [6.45, 7) is 2.96. The number of hydrogen-bond acceptors (Lipinski definition) is 6. The van der Waals surface area contributed by atoms with Gasteiger partial charge >= 0.3 is 0 Å². The van der Waals surface area contributed by atoms with Crippen LogP contribution >= 0.6 is 0 Å². The van der Waals surface area contributed by atoms with Crippen LogP contribution in [0.1, 0.15) is 15.9 Å². The van der Waals surface area contributed by atoms with E-state index in [4.69, 9.17) is 24.6 Å². The highest BCUT2D eigenvalue weighted by atomic mass is 19.1. The van der Waals surface area contributed by atoms with Crippen molar-refractivity contribution in [1.29, 1.82) is 0 Å². The molecule has 0 spiro atoms. The first kappa shape index (κ1) is 29.8. The quantitative estimate of drug-likeness (QED) is 0.166. The van der Waals surface area contributed by atoms with Crippen LogP contribution in [0.3, 0.4) is 0 Å². The summed E-state index contributed by atoms with van der Waals surface area (Å²) in [5.41, 5.74) is 9.53. The fourth-order valence-electron chi connectivity index (χ4n) is 4.60. The molecule has 1 amide bonds. The zero-order chi connectivity index (χ0) is 30.0. The molecule has 2 aromatic heterocycles. The SMILES string of the molecule is NCCOCCOCCNC(=O)c1ccc(Cn2c(-c3ccco3)nc(-c3ccc(F)cc3)c2-c2ccc(F)cc2)cc1. The third-order valence-electron chi connectivity index (χ3n) is 6.67. The summed E-state index contributed by atoms with van der Waals surface area (Å²) < 4.78 is 46.1. The predicted octanol–water partition coefficient (Wildman–Crippen LogP) is 5.53. The number of hydrogen-bond donors (Lipinski definition) is 2. The van der Waals surface area contributed by atoms with Gasteiger partial charge in [0.15, 0.2) is 11.6 Å². The number of imidazole rings is 1. The molecule has 3 aromatic carbocycles. The van der Waals surface area contributed by atoms with E-state index in [0.717, 1.165) is 11.1 Å². The molecule has 43 heavy (non-hydrogen) atoms. The Morgan fingerprint density at radius 3 is 2.12 bits per heavy atom. The zero-order valence-corrected chi connectivity index (χ0v) is 23.5. The number of benzene rings is 3. The number of nitrogens with one attached hydrogen (secondary N) is 1. The van der Waals surface area contributed by atoms with Crippen LogP contribution in [0.15, 0.2) is 95.6 Å². The lowest BCUT2D eigenvalue weighted by Crippen LogP contribution is -2.27. The average Bonchev–Trinajstić information content (AvgIpc) is 3.68. The van der Waals surface area contributed by atoms with Crippen LogP contribution in [0.4, 0.5) is 8.78 Å². The molecule has 0 fully saturated rings. The molecule has 0 aliphatic carbocycles. The highest BCUT2D eigenvalue weighted by molar-refractivity contribution is 5.94. The number of ether oxygens (including phenoxy) is 2. The number of aromatic nitrogens is 2. The Labute approximate surface area is 248 Å². The fourth-order valence-corrected chi connectivity index (χ4v) is 4.60. The van der Waals surface area contributed by atoms with Gasteiger partial charge in [-0.25, -0.2) is 13.8 Å². The van der Waals surface area contributed by atoms with Gasteiger partial charge in [0.1, 0.15) is 11.6 Å². The van der Waals surface area contributed by atoms with E-state index in [1.54, 1.807) is 48.7 Å². The second-order valence-corrected chi connectivity index (χ2v) is 9.68. The van der Waals surface area contributed by atoms with Gasteiger partial charge in [-0.15, -0.1) is 0 Å². The summed E-state index contributed by atoms with van der Waals surface area (Å²) >= 11 is 0. The molecule has 0 saturated heterocycles. The minimum Gasteiger partial charge on any atom is -0.461 e. The van der Waals surface area contributed by atoms with Gasteiger partial charge in [-0.2, -0.15) is 0 Å². The largest absolute Gasteiger partial charge is 0.461 e. The van der Waals surface area contributed by atoms with E-state index in [-0.39, 0.29) is 17.5 Å². The normalized spacial score (nSPS) is 11.1. The van der Waals surface area contributed by atoms with Crippen molar-refractivity contribution in [3.8, 4) is 34.1 Å². The number of furan rings is 1. The van der Waals surface area contributed by atoms with Crippen molar-refractivity contribution in [3.05, 3.63) is 114 Å². The third-order valence-corrected chi connectivity index (χ3v) is 6.67. The Bertz CT molecular complexity index is 1600. The molecule has 0 atom stereocenters. The molecule has 5 aromatic rings. The molecule has 5 rings (SSSR count). The molecule has 0 bridgehead atoms. The van der Waals surface area contributed by atoms with Crippen LogP contribution in [-0.2, 0) is 16.0 Å². The number of carbonyl (C=O) groups excluding carboxylic acids is 1. The van der Waals surface area contributed by atoms with E-state index in [1.807, 2.05) is 22.8 Å². The van der Waals surface area contributed by atoms with Crippen molar-refractivity contribution in [3.63, 3.8) is 0 Å². The lowest BCUT2D eigenvalue weighted by Gasteiger charge is -2.14. The molecule has 8 nitrogen and oxygen atoms in total. The molecular weight excluding hydrogens is 554 g/mol. The molecule has 222 valence electrons. The number of nitrogens with zero attached hydrogens (tertiary/aromatic N) is 2. The zero-order valence-electron chi connectivity index (χ0n) is 23.5. The number of carbonyl (C=O) groups is 1. The van der Waals surface area contributed by atoms with Crippen LogP contribution in [0.5, 0.6) is 0 Å². The van der Waals surface area contributed by atoms with E-state index in [0.29, 0.717) is 80.2 Å². The summed E-state index contributed by atoms with van der Waals surface area (Å²) in [5.74, 6) is 0.169. The second kappa shape index (κ2) is 14.5. The lowest BCUT2D eigenvalue weighted by atomic mass is 10.0. The Hall–Kier alpha value is -4.64.